The molecule has 1 fully saturated rings. The summed E-state index contributed by atoms with van der Waals surface area (Å²) in [5.41, 5.74) is 1.37. The van der Waals surface area contributed by atoms with E-state index in [0.717, 1.165) is 18.5 Å². The summed E-state index contributed by atoms with van der Waals surface area (Å²) in [4.78, 5) is 16.4. The first-order valence-corrected chi connectivity index (χ1v) is 7.88. The van der Waals surface area contributed by atoms with Crippen molar-refractivity contribution in [1.29, 1.82) is 0 Å². The fourth-order valence-electron chi connectivity index (χ4n) is 2.64. The number of carbonyl (C=O) groups excluding carboxylic acids is 1. The van der Waals surface area contributed by atoms with Crippen molar-refractivity contribution in [2.24, 2.45) is 0 Å². The SMILES string of the molecule is O=C(NC1CCCC1)c1ccc(Nc2ccccc2Cl)nc1. The summed E-state index contributed by atoms with van der Waals surface area (Å²) in [6, 6.07) is 11.3. The Morgan fingerprint density at radius 2 is 1.91 bits per heavy atom. The van der Waals surface area contributed by atoms with Gasteiger partial charge in [-0.1, -0.05) is 36.6 Å². The first kappa shape index (κ1) is 14.9. The molecule has 4 nitrogen and oxygen atoms in total. The summed E-state index contributed by atoms with van der Waals surface area (Å²) < 4.78 is 0. The monoisotopic (exact) mass is 315 g/mol. The zero-order valence-electron chi connectivity index (χ0n) is 12.2. The van der Waals surface area contributed by atoms with Gasteiger partial charge in [-0.25, -0.2) is 4.98 Å². The summed E-state index contributed by atoms with van der Waals surface area (Å²) in [6.45, 7) is 0. The van der Waals surface area contributed by atoms with Gasteiger partial charge in [-0.05, 0) is 37.1 Å². The number of amides is 1. The Bertz CT molecular complexity index is 651. The molecule has 1 aliphatic rings. The lowest BCUT2D eigenvalue weighted by molar-refractivity contribution is 0.0937. The second-order valence-corrected chi connectivity index (χ2v) is 5.90. The summed E-state index contributed by atoms with van der Waals surface area (Å²) >= 11 is 6.10. The van der Waals surface area contributed by atoms with Crippen molar-refractivity contribution in [3.8, 4) is 0 Å². The minimum Gasteiger partial charge on any atom is -0.349 e. The number of para-hydroxylation sites is 1. The molecule has 0 aliphatic heterocycles. The third-order valence-corrected chi connectivity index (χ3v) is 4.18. The number of hydrogen-bond acceptors (Lipinski definition) is 3. The van der Waals surface area contributed by atoms with E-state index in [4.69, 9.17) is 11.6 Å². The number of nitrogens with zero attached hydrogens (tertiary/aromatic N) is 1. The Labute approximate surface area is 134 Å². The standard InChI is InChI=1S/C17H18ClN3O/c18-14-7-3-4-8-15(14)21-16-10-9-12(11-19-16)17(22)20-13-5-1-2-6-13/h3-4,7-11,13H,1-2,5-6H2,(H,19,21)(H,20,22). The van der Waals surface area contributed by atoms with Crippen LogP contribution in [0.4, 0.5) is 11.5 Å². The van der Waals surface area contributed by atoms with Crippen molar-refractivity contribution in [3.05, 3.63) is 53.2 Å². The van der Waals surface area contributed by atoms with Gasteiger partial charge in [-0.2, -0.15) is 0 Å². The molecule has 0 radical (unpaired) electrons. The van der Waals surface area contributed by atoms with Gasteiger partial charge in [-0.15, -0.1) is 0 Å². The normalized spacial score (nSPS) is 14.8. The molecule has 0 bridgehead atoms. The molecule has 1 aromatic heterocycles. The lowest BCUT2D eigenvalue weighted by Crippen LogP contribution is -2.32. The van der Waals surface area contributed by atoms with Gasteiger partial charge < -0.3 is 10.6 Å². The van der Waals surface area contributed by atoms with Gasteiger partial charge in [0.2, 0.25) is 0 Å². The van der Waals surface area contributed by atoms with Crippen molar-refractivity contribution < 1.29 is 4.79 Å². The van der Waals surface area contributed by atoms with Gasteiger partial charge in [-0.3, -0.25) is 4.79 Å². The fraction of sp³-hybridized carbons (Fsp3) is 0.294. The zero-order valence-corrected chi connectivity index (χ0v) is 12.9. The summed E-state index contributed by atoms with van der Waals surface area (Å²) in [5.74, 6) is 0.606. The molecule has 0 unspecified atom stereocenters. The predicted molar refractivity (Wildman–Crippen MR) is 88.7 cm³/mol. The molecule has 1 saturated carbocycles. The molecule has 2 N–H and O–H groups in total. The van der Waals surface area contributed by atoms with Crippen LogP contribution in [0.2, 0.25) is 5.02 Å². The van der Waals surface area contributed by atoms with E-state index in [-0.39, 0.29) is 5.91 Å². The van der Waals surface area contributed by atoms with Gasteiger partial charge in [0.15, 0.2) is 0 Å². The number of anilines is 2. The Kier molecular flexibility index (Phi) is 4.59. The average Bonchev–Trinajstić information content (AvgIpc) is 3.03. The van der Waals surface area contributed by atoms with Crippen LogP contribution in [-0.4, -0.2) is 16.9 Å². The lowest BCUT2D eigenvalue weighted by atomic mass is 10.2. The maximum Gasteiger partial charge on any atom is 0.253 e. The molecular weight excluding hydrogens is 298 g/mol. The van der Waals surface area contributed by atoms with Crippen LogP contribution in [0, 0.1) is 0 Å². The first-order chi connectivity index (χ1) is 10.7. The van der Waals surface area contributed by atoms with Crippen LogP contribution >= 0.6 is 11.6 Å². The largest absolute Gasteiger partial charge is 0.349 e. The van der Waals surface area contributed by atoms with E-state index in [2.05, 4.69) is 15.6 Å². The number of pyridine rings is 1. The van der Waals surface area contributed by atoms with E-state index in [1.54, 1.807) is 18.3 Å². The van der Waals surface area contributed by atoms with Crippen molar-refractivity contribution in [3.63, 3.8) is 0 Å². The van der Waals surface area contributed by atoms with Crippen LogP contribution < -0.4 is 10.6 Å². The number of halogens is 1. The molecule has 1 heterocycles. The van der Waals surface area contributed by atoms with Crippen LogP contribution in [0.25, 0.3) is 0 Å². The van der Waals surface area contributed by atoms with Crippen LogP contribution in [0.1, 0.15) is 36.0 Å². The highest BCUT2D eigenvalue weighted by molar-refractivity contribution is 6.33. The molecule has 1 aliphatic carbocycles. The second-order valence-electron chi connectivity index (χ2n) is 5.49. The maximum atomic E-state index is 12.1. The third kappa shape index (κ3) is 3.57. The topological polar surface area (TPSA) is 54.0 Å². The summed E-state index contributed by atoms with van der Waals surface area (Å²) in [6.07, 6.45) is 6.13. The van der Waals surface area contributed by atoms with Crippen molar-refractivity contribution in [1.82, 2.24) is 10.3 Å². The smallest absolute Gasteiger partial charge is 0.253 e. The number of carbonyl (C=O) groups is 1. The Morgan fingerprint density at radius 3 is 2.59 bits per heavy atom. The van der Waals surface area contributed by atoms with E-state index in [9.17, 15) is 4.79 Å². The van der Waals surface area contributed by atoms with Crippen molar-refractivity contribution in [2.75, 3.05) is 5.32 Å². The number of hydrogen-bond donors (Lipinski definition) is 2. The minimum atomic E-state index is -0.0521. The molecule has 0 atom stereocenters. The predicted octanol–water partition coefficient (Wildman–Crippen LogP) is 4.15. The average molecular weight is 316 g/mol. The fourth-order valence-corrected chi connectivity index (χ4v) is 2.82. The van der Waals surface area contributed by atoms with Crippen LogP contribution in [0.3, 0.4) is 0 Å². The number of aromatic nitrogens is 1. The van der Waals surface area contributed by atoms with E-state index in [1.807, 2.05) is 24.3 Å². The van der Waals surface area contributed by atoms with Gasteiger partial charge in [0.1, 0.15) is 5.82 Å². The highest BCUT2D eigenvalue weighted by Crippen LogP contribution is 2.24. The van der Waals surface area contributed by atoms with Gasteiger partial charge in [0.05, 0.1) is 16.3 Å². The van der Waals surface area contributed by atoms with E-state index in [1.165, 1.54) is 12.8 Å². The molecule has 5 heteroatoms. The molecular formula is C17H18ClN3O. The van der Waals surface area contributed by atoms with Crippen molar-refractivity contribution in [2.45, 2.75) is 31.7 Å². The third-order valence-electron chi connectivity index (χ3n) is 3.85. The number of nitrogens with one attached hydrogen (secondary N) is 2. The summed E-state index contributed by atoms with van der Waals surface area (Å²) in [7, 11) is 0. The highest BCUT2D eigenvalue weighted by Gasteiger charge is 2.18. The molecule has 3 rings (SSSR count). The Balaban J connectivity index is 1.64. The molecule has 22 heavy (non-hydrogen) atoms. The second kappa shape index (κ2) is 6.79. The summed E-state index contributed by atoms with van der Waals surface area (Å²) in [5, 5.41) is 6.82. The molecule has 0 saturated heterocycles. The zero-order chi connectivity index (χ0) is 15.4. The molecule has 0 spiro atoms. The number of rotatable bonds is 4. The first-order valence-electron chi connectivity index (χ1n) is 7.51. The number of benzene rings is 1. The van der Waals surface area contributed by atoms with Gasteiger partial charge in [0.25, 0.3) is 5.91 Å². The van der Waals surface area contributed by atoms with E-state index < -0.39 is 0 Å². The lowest BCUT2D eigenvalue weighted by Gasteiger charge is -2.12. The highest BCUT2D eigenvalue weighted by atomic mass is 35.5. The van der Waals surface area contributed by atoms with Crippen LogP contribution in [-0.2, 0) is 0 Å². The minimum absolute atomic E-state index is 0.0521. The molecule has 114 valence electrons. The van der Waals surface area contributed by atoms with E-state index in [0.29, 0.717) is 22.4 Å². The quantitative estimate of drug-likeness (QED) is 0.891. The van der Waals surface area contributed by atoms with Crippen LogP contribution in [0.15, 0.2) is 42.6 Å². The Morgan fingerprint density at radius 1 is 1.14 bits per heavy atom. The van der Waals surface area contributed by atoms with E-state index >= 15 is 0 Å². The maximum absolute atomic E-state index is 12.1. The van der Waals surface area contributed by atoms with Gasteiger partial charge in [0, 0.05) is 12.2 Å². The van der Waals surface area contributed by atoms with Crippen molar-refractivity contribution >= 4 is 29.0 Å². The molecule has 1 amide bonds. The molecule has 2 aromatic rings. The van der Waals surface area contributed by atoms with Crippen LogP contribution in [0.5, 0.6) is 0 Å². The molecule has 1 aromatic carbocycles. The van der Waals surface area contributed by atoms with Gasteiger partial charge >= 0.3 is 0 Å². The Hall–Kier alpha value is -2.07.